The first-order chi connectivity index (χ1) is 8.53. The van der Waals surface area contributed by atoms with Crippen molar-refractivity contribution in [1.82, 2.24) is 0 Å². The highest BCUT2D eigenvalue weighted by Gasteiger charge is 2.22. The Bertz CT molecular complexity index is 706. The third-order valence-electron chi connectivity index (χ3n) is 2.24. The lowest BCUT2D eigenvalue weighted by molar-refractivity contribution is 0.0696. The fraction of sp³-hybridized carbons (Fsp3) is 0.300. The highest BCUT2D eigenvalue weighted by Crippen LogP contribution is 2.18. The zero-order valence-electron chi connectivity index (χ0n) is 9.83. The van der Waals surface area contributed by atoms with Crippen LogP contribution in [0.2, 0.25) is 0 Å². The molecule has 6 nitrogen and oxygen atoms in total. The van der Waals surface area contributed by atoms with Crippen molar-refractivity contribution in [2.45, 2.75) is 4.90 Å². The zero-order chi connectivity index (χ0) is 14.8. The van der Waals surface area contributed by atoms with Gasteiger partial charge in [-0.2, -0.15) is 0 Å². The first-order valence-corrected chi connectivity index (χ1v) is 8.67. The van der Waals surface area contributed by atoms with Gasteiger partial charge in [-0.3, -0.25) is 0 Å². The summed E-state index contributed by atoms with van der Waals surface area (Å²) in [6.45, 7) is 0. The van der Waals surface area contributed by atoms with E-state index in [1.807, 2.05) is 0 Å². The number of benzene rings is 1. The molecule has 0 spiro atoms. The second-order valence-electron chi connectivity index (χ2n) is 3.90. The first kappa shape index (κ1) is 15.6. The highest BCUT2D eigenvalue weighted by molar-refractivity contribution is 7.94. The number of hydrogen-bond donors (Lipinski definition) is 1. The van der Waals surface area contributed by atoms with E-state index in [-0.39, 0.29) is 5.56 Å². The molecular weight excluding hydrogens is 299 g/mol. The maximum absolute atomic E-state index is 13.5. The number of hydrogen-bond acceptors (Lipinski definition) is 5. The van der Waals surface area contributed by atoms with Crippen LogP contribution in [0.3, 0.4) is 0 Å². The van der Waals surface area contributed by atoms with Crippen LogP contribution in [0.15, 0.2) is 23.1 Å². The average molecular weight is 310 g/mol. The molecule has 0 aliphatic rings. The molecule has 1 rings (SSSR count). The van der Waals surface area contributed by atoms with E-state index in [1.165, 1.54) is 0 Å². The molecule has 0 aromatic heterocycles. The Morgan fingerprint density at radius 3 is 2.21 bits per heavy atom. The van der Waals surface area contributed by atoms with E-state index < -0.39 is 47.9 Å². The van der Waals surface area contributed by atoms with Crippen LogP contribution in [0.25, 0.3) is 0 Å². The summed E-state index contributed by atoms with van der Waals surface area (Å²) in [5.41, 5.74) is -0.389. The Balaban J connectivity index is 3.12. The molecule has 0 aliphatic carbocycles. The van der Waals surface area contributed by atoms with Crippen LogP contribution in [-0.2, 0) is 19.7 Å². The van der Waals surface area contributed by atoms with E-state index in [1.54, 1.807) is 0 Å². The van der Waals surface area contributed by atoms with Gasteiger partial charge in [-0.15, -0.1) is 0 Å². The standard InChI is InChI=1S/C10H11FO6S2/c1-18(14,15)4-5-19(16,17)9-3-2-7(10(12)13)6-8(9)11/h2-3,6H,4-5H2,1H3,(H,12,13). The first-order valence-electron chi connectivity index (χ1n) is 4.96. The molecule has 0 saturated carbocycles. The maximum Gasteiger partial charge on any atom is 0.335 e. The van der Waals surface area contributed by atoms with Crippen LogP contribution in [0.4, 0.5) is 4.39 Å². The minimum atomic E-state index is -4.11. The molecule has 1 aromatic carbocycles. The van der Waals surface area contributed by atoms with Gasteiger partial charge in [0, 0.05) is 6.26 Å². The predicted molar refractivity (Wildman–Crippen MR) is 65.1 cm³/mol. The maximum atomic E-state index is 13.5. The van der Waals surface area contributed by atoms with Crippen molar-refractivity contribution in [3.8, 4) is 0 Å². The molecule has 9 heteroatoms. The van der Waals surface area contributed by atoms with Crippen LogP contribution < -0.4 is 0 Å². The quantitative estimate of drug-likeness (QED) is 0.841. The number of halogens is 1. The summed E-state index contributed by atoms with van der Waals surface area (Å²) >= 11 is 0. The van der Waals surface area contributed by atoms with Gasteiger partial charge in [0.25, 0.3) is 0 Å². The molecule has 1 aromatic rings. The summed E-state index contributed by atoms with van der Waals surface area (Å²) in [4.78, 5) is 9.87. The fourth-order valence-electron chi connectivity index (χ4n) is 1.26. The largest absolute Gasteiger partial charge is 0.478 e. The van der Waals surface area contributed by atoms with E-state index in [2.05, 4.69) is 0 Å². The molecule has 0 fully saturated rings. The summed E-state index contributed by atoms with van der Waals surface area (Å²) in [7, 11) is -7.61. The lowest BCUT2D eigenvalue weighted by atomic mass is 10.2. The topological polar surface area (TPSA) is 106 Å². The van der Waals surface area contributed by atoms with Crippen molar-refractivity contribution in [2.24, 2.45) is 0 Å². The van der Waals surface area contributed by atoms with Gasteiger partial charge in [0.05, 0.1) is 17.1 Å². The van der Waals surface area contributed by atoms with E-state index in [4.69, 9.17) is 5.11 Å². The van der Waals surface area contributed by atoms with Crippen LogP contribution in [0.1, 0.15) is 10.4 Å². The van der Waals surface area contributed by atoms with Crippen LogP contribution in [-0.4, -0.2) is 45.7 Å². The number of carboxylic acids is 1. The molecule has 1 N–H and O–H groups in total. The minimum Gasteiger partial charge on any atom is -0.478 e. The molecule has 0 amide bonds. The molecule has 0 aliphatic heterocycles. The van der Waals surface area contributed by atoms with E-state index in [9.17, 15) is 26.0 Å². The second kappa shape index (κ2) is 5.25. The Hall–Kier alpha value is -1.48. The average Bonchev–Trinajstić information content (AvgIpc) is 2.25. The summed E-state index contributed by atoms with van der Waals surface area (Å²) in [5.74, 6) is -3.99. The van der Waals surface area contributed by atoms with Gasteiger partial charge in [0.2, 0.25) is 0 Å². The van der Waals surface area contributed by atoms with E-state index in [0.717, 1.165) is 18.4 Å². The van der Waals surface area contributed by atoms with Crippen molar-refractivity contribution in [1.29, 1.82) is 0 Å². The SMILES string of the molecule is CS(=O)(=O)CCS(=O)(=O)c1ccc(C(=O)O)cc1F. The predicted octanol–water partition coefficient (Wildman–Crippen LogP) is 0.342. The number of aromatic carboxylic acids is 1. The van der Waals surface area contributed by atoms with Gasteiger partial charge >= 0.3 is 5.97 Å². The van der Waals surface area contributed by atoms with E-state index in [0.29, 0.717) is 6.07 Å². The monoisotopic (exact) mass is 310 g/mol. The second-order valence-corrected chi connectivity index (χ2v) is 8.24. The zero-order valence-corrected chi connectivity index (χ0v) is 11.5. The van der Waals surface area contributed by atoms with Crippen molar-refractivity contribution in [3.05, 3.63) is 29.6 Å². The van der Waals surface area contributed by atoms with Crippen molar-refractivity contribution in [3.63, 3.8) is 0 Å². The lowest BCUT2D eigenvalue weighted by Crippen LogP contribution is -2.17. The van der Waals surface area contributed by atoms with Gasteiger partial charge in [-0.25, -0.2) is 26.0 Å². The summed E-state index contributed by atoms with van der Waals surface area (Å²) < 4.78 is 58.8. The summed E-state index contributed by atoms with van der Waals surface area (Å²) in [6, 6.07) is 2.34. The Kier molecular flexibility index (Phi) is 4.31. The molecule has 19 heavy (non-hydrogen) atoms. The molecule has 106 valence electrons. The van der Waals surface area contributed by atoms with Crippen molar-refractivity contribution >= 4 is 25.6 Å². The Labute approximate surface area is 109 Å². The molecule has 0 radical (unpaired) electrons. The third-order valence-corrected chi connectivity index (χ3v) is 5.18. The third kappa shape index (κ3) is 4.28. The van der Waals surface area contributed by atoms with Crippen molar-refractivity contribution in [2.75, 3.05) is 17.8 Å². The fourth-order valence-corrected chi connectivity index (χ4v) is 4.20. The van der Waals surface area contributed by atoms with E-state index >= 15 is 0 Å². The number of carboxylic acid groups (broad SMARTS) is 1. The van der Waals surface area contributed by atoms with Gasteiger partial charge in [-0.05, 0) is 18.2 Å². The molecule has 0 saturated heterocycles. The number of sulfone groups is 2. The molecule has 0 atom stereocenters. The highest BCUT2D eigenvalue weighted by atomic mass is 32.2. The van der Waals surface area contributed by atoms with Gasteiger partial charge in [0.1, 0.15) is 20.5 Å². The summed E-state index contributed by atoms with van der Waals surface area (Å²) in [5, 5.41) is 8.62. The number of rotatable bonds is 5. The normalized spacial score (nSPS) is 12.3. The van der Waals surface area contributed by atoms with Crippen LogP contribution >= 0.6 is 0 Å². The number of carbonyl (C=O) groups is 1. The van der Waals surface area contributed by atoms with Crippen molar-refractivity contribution < 1.29 is 31.1 Å². The molecule has 0 unspecified atom stereocenters. The lowest BCUT2D eigenvalue weighted by Gasteiger charge is -2.05. The van der Waals surface area contributed by atoms with Gasteiger partial charge in [-0.1, -0.05) is 0 Å². The smallest absolute Gasteiger partial charge is 0.335 e. The Morgan fingerprint density at radius 1 is 1.21 bits per heavy atom. The Morgan fingerprint density at radius 2 is 1.79 bits per heavy atom. The van der Waals surface area contributed by atoms with Gasteiger partial charge in [0.15, 0.2) is 9.84 Å². The summed E-state index contributed by atoms with van der Waals surface area (Å²) in [6.07, 6.45) is 0.867. The van der Waals surface area contributed by atoms with Gasteiger partial charge < -0.3 is 5.11 Å². The molecule has 0 heterocycles. The van der Waals surface area contributed by atoms with Crippen LogP contribution in [0, 0.1) is 5.82 Å². The molecular formula is C10H11FO6S2. The molecule has 0 bridgehead atoms. The minimum absolute atomic E-state index is 0.389. The van der Waals surface area contributed by atoms with Crippen LogP contribution in [0.5, 0.6) is 0 Å².